The van der Waals surface area contributed by atoms with E-state index in [0.717, 1.165) is 30.4 Å². The molecular weight excluding hydrogens is 348 g/mol. The van der Waals surface area contributed by atoms with Crippen LogP contribution >= 0.6 is 0 Å². The topological polar surface area (TPSA) is 84.1 Å². The van der Waals surface area contributed by atoms with Crippen molar-refractivity contribution in [3.63, 3.8) is 0 Å². The van der Waals surface area contributed by atoms with Crippen molar-refractivity contribution < 1.29 is 28.8 Å². The van der Waals surface area contributed by atoms with Crippen LogP contribution < -0.4 is 0 Å². The second-order valence-corrected chi connectivity index (χ2v) is 10.5. The molecule has 0 aromatic carbocycles. The molecule has 146 valence electrons. The Morgan fingerprint density at radius 1 is 1.11 bits per heavy atom. The predicted molar refractivity (Wildman–Crippen MR) is 91.7 cm³/mol. The highest BCUT2D eigenvalue weighted by Crippen LogP contribution is 2.85. The van der Waals surface area contributed by atoms with E-state index >= 15 is 0 Å². The first-order valence-electron chi connectivity index (χ1n) is 10.3. The van der Waals surface area contributed by atoms with E-state index in [1.165, 1.54) is 0 Å². The molecule has 0 aromatic heterocycles. The van der Waals surface area contributed by atoms with Gasteiger partial charge in [0.05, 0.1) is 6.10 Å². The number of aliphatic hydroxyl groups is 1. The van der Waals surface area contributed by atoms with Crippen LogP contribution in [-0.2, 0) is 23.7 Å². The number of epoxide rings is 3. The average Bonchev–Trinajstić information content (AvgIpc) is 3.46. The molecule has 6 heteroatoms. The lowest BCUT2D eigenvalue weighted by molar-refractivity contribution is -0.157. The van der Waals surface area contributed by atoms with Crippen LogP contribution in [0.25, 0.3) is 0 Å². The molecule has 0 radical (unpaired) electrons. The molecule has 5 fully saturated rings. The summed E-state index contributed by atoms with van der Waals surface area (Å²) >= 11 is 0. The number of carbonyl (C=O) groups is 1. The minimum atomic E-state index is -1.10. The molecule has 27 heavy (non-hydrogen) atoms. The van der Waals surface area contributed by atoms with Gasteiger partial charge in [-0.15, -0.1) is 0 Å². The van der Waals surface area contributed by atoms with Gasteiger partial charge in [-0.2, -0.15) is 0 Å². The summed E-state index contributed by atoms with van der Waals surface area (Å²) in [5.41, 5.74) is -1.06. The highest BCUT2D eigenvalue weighted by molar-refractivity contribution is 5.92. The molecule has 7 aliphatic rings. The van der Waals surface area contributed by atoms with Gasteiger partial charge >= 0.3 is 5.97 Å². The summed E-state index contributed by atoms with van der Waals surface area (Å²) in [6.07, 6.45) is 2.24. The van der Waals surface area contributed by atoms with Crippen LogP contribution in [0.5, 0.6) is 0 Å². The van der Waals surface area contributed by atoms with Crippen molar-refractivity contribution in [2.24, 2.45) is 17.3 Å². The largest absolute Gasteiger partial charge is 0.458 e. The highest BCUT2D eigenvalue weighted by atomic mass is 16.7. The first kappa shape index (κ1) is 15.9. The SMILES string of the molecule is CC(C)[C@]12O[C@H]1[C@H]1O[C@]13[C@]1(O[C@H]1C[C@H]1C4=C(CC[C@@]13C)C(=O)OC4)[C@]2(C)O. The van der Waals surface area contributed by atoms with E-state index < -0.39 is 22.4 Å². The Morgan fingerprint density at radius 3 is 2.63 bits per heavy atom. The van der Waals surface area contributed by atoms with Crippen molar-refractivity contribution in [2.45, 2.75) is 87.7 Å². The summed E-state index contributed by atoms with van der Waals surface area (Å²) in [5, 5.41) is 11.9. The number of fused-ring (bicyclic) bond motifs is 4. The lowest BCUT2D eigenvalue weighted by Gasteiger charge is -2.56. The zero-order valence-corrected chi connectivity index (χ0v) is 16.2. The molecule has 2 spiro atoms. The van der Waals surface area contributed by atoms with Crippen molar-refractivity contribution in [1.82, 2.24) is 0 Å². The monoisotopic (exact) mass is 374 g/mol. The molecule has 1 N–H and O–H groups in total. The van der Waals surface area contributed by atoms with Crippen LogP contribution in [0.4, 0.5) is 0 Å². The van der Waals surface area contributed by atoms with Crippen molar-refractivity contribution in [1.29, 1.82) is 0 Å². The summed E-state index contributed by atoms with van der Waals surface area (Å²) in [5.74, 6) is 0.247. The number of hydrogen-bond acceptors (Lipinski definition) is 6. The van der Waals surface area contributed by atoms with Gasteiger partial charge in [0.2, 0.25) is 0 Å². The van der Waals surface area contributed by atoms with E-state index in [9.17, 15) is 9.90 Å². The number of esters is 1. The number of carbonyl (C=O) groups excluding carboxylic acids is 1. The smallest absolute Gasteiger partial charge is 0.334 e. The standard InChI is InChI=1S/C21H26O6/c1-9(2)19-14(26-19)15-21(27-15)17(3)6-5-10-11(8-24-16(10)22)12(17)7-13-20(21,25-13)18(19,4)23/h9,12-15,23H,5-8H2,1-4H3/t12-,13-,14-,15+,17-,18+,19-,20+,21+/m0/s1. The molecule has 2 saturated carbocycles. The number of cyclic esters (lactones) is 1. The fourth-order valence-corrected chi connectivity index (χ4v) is 8.34. The predicted octanol–water partition coefficient (Wildman–Crippen LogP) is 1.49. The second-order valence-electron chi connectivity index (χ2n) is 10.5. The Hall–Kier alpha value is -0.950. The van der Waals surface area contributed by atoms with E-state index in [0.29, 0.717) is 6.61 Å². The molecular formula is C21H26O6. The first-order chi connectivity index (χ1) is 12.7. The minimum Gasteiger partial charge on any atom is -0.458 e. The lowest BCUT2D eigenvalue weighted by Crippen LogP contribution is -2.74. The molecule has 0 unspecified atom stereocenters. The molecule has 0 bridgehead atoms. The molecule has 3 saturated heterocycles. The van der Waals surface area contributed by atoms with Crippen molar-refractivity contribution in [2.75, 3.05) is 6.61 Å². The summed E-state index contributed by atoms with van der Waals surface area (Å²) in [6.45, 7) is 8.83. The normalized spacial score (nSPS) is 64.0. The van der Waals surface area contributed by atoms with Gasteiger partial charge in [0, 0.05) is 11.0 Å². The number of hydrogen-bond donors (Lipinski definition) is 1. The number of ether oxygens (including phenoxy) is 4. The second kappa shape index (κ2) is 3.89. The maximum atomic E-state index is 12.1. The third-order valence-electron chi connectivity index (χ3n) is 9.61. The molecule has 3 aliphatic carbocycles. The highest BCUT2D eigenvalue weighted by Gasteiger charge is 3.03. The average molecular weight is 374 g/mol. The zero-order chi connectivity index (χ0) is 18.8. The summed E-state index contributed by atoms with van der Waals surface area (Å²) in [6, 6.07) is 0. The zero-order valence-electron chi connectivity index (χ0n) is 16.2. The maximum absolute atomic E-state index is 12.1. The summed E-state index contributed by atoms with van der Waals surface area (Å²) < 4.78 is 24.6. The Morgan fingerprint density at radius 2 is 1.89 bits per heavy atom. The van der Waals surface area contributed by atoms with Gasteiger partial charge in [-0.05, 0) is 43.6 Å². The summed E-state index contributed by atoms with van der Waals surface area (Å²) in [7, 11) is 0. The third-order valence-corrected chi connectivity index (χ3v) is 9.61. The Balaban J connectivity index is 1.41. The van der Waals surface area contributed by atoms with E-state index in [4.69, 9.17) is 18.9 Å². The fraction of sp³-hybridized carbons (Fsp3) is 0.857. The van der Waals surface area contributed by atoms with Crippen molar-refractivity contribution >= 4 is 5.97 Å². The van der Waals surface area contributed by atoms with Gasteiger partial charge in [-0.25, -0.2) is 4.79 Å². The van der Waals surface area contributed by atoms with Gasteiger partial charge in [-0.1, -0.05) is 20.8 Å². The van der Waals surface area contributed by atoms with Crippen LogP contribution in [-0.4, -0.2) is 58.4 Å². The molecule has 4 aliphatic heterocycles. The quantitative estimate of drug-likeness (QED) is 0.553. The van der Waals surface area contributed by atoms with Gasteiger partial charge in [0.1, 0.15) is 35.6 Å². The van der Waals surface area contributed by atoms with E-state index in [1.54, 1.807) is 0 Å². The first-order valence-corrected chi connectivity index (χ1v) is 10.3. The summed E-state index contributed by atoms with van der Waals surface area (Å²) in [4.78, 5) is 12.1. The Bertz CT molecular complexity index is 861. The van der Waals surface area contributed by atoms with E-state index in [2.05, 4.69) is 20.8 Å². The van der Waals surface area contributed by atoms with Crippen LogP contribution in [0.1, 0.15) is 47.0 Å². The van der Waals surface area contributed by atoms with Crippen molar-refractivity contribution in [3.8, 4) is 0 Å². The fourth-order valence-electron chi connectivity index (χ4n) is 8.34. The molecule has 6 nitrogen and oxygen atoms in total. The van der Waals surface area contributed by atoms with Gasteiger partial charge < -0.3 is 24.1 Å². The molecule has 7 rings (SSSR count). The van der Waals surface area contributed by atoms with Gasteiger partial charge in [0.25, 0.3) is 0 Å². The van der Waals surface area contributed by atoms with E-state index in [1.807, 2.05) is 6.92 Å². The van der Waals surface area contributed by atoms with Crippen LogP contribution in [0.2, 0.25) is 0 Å². The van der Waals surface area contributed by atoms with Gasteiger partial charge in [-0.3, -0.25) is 0 Å². The maximum Gasteiger partial charge on any atom is 0.334 e. The molecule has 0 aromatic rings. The Labute approximate surface area is 158 Å². The molecule has 9 atom stereocenters. The van der Waals surface area contributed by atoms with Crippen molar-refractivity contribution in [3.05, 3.63) is 11.1 Å². The van der Waals surface area contributed by atoms with Crippen LogP contribution in [0, 0.1) is 17.3 Å². The third kappa shape index (κ3) is 1.21. The van der Waals surface area contributed by atoms with E-state index in [-0.39, 0.29) is 41.5 Å². The van der Waals surface area contributed by atoms with Crippen LogP contribution in [0.15, 0.2) is 11.1 Å². The number of rotatable bonds is 1. The molecule has 4 heterocycles. The minimum absolute atomic E-state index is 0.0295. The van der Waals surface area contributed by atoms with Gasteiger partial charge in [0.15, 0.2) is 5.60 Å². The molecule has 0 amide bonds. The lowest BCUT2D eigenvalue weighted by atomic mass is 9.44. The Kier molecular flexibility index (Phi) is 2.29. The van der Waals surface area contributed by atoms with Crippen LogP contribution in [0.3, 0.4) is 0 Å².